The monoisotopic (exact) mass is 254 g/mol. The van der Waals surface area contributed by atoms with Gasteiger partial charge in [-0.2, -0.15) is 0 Å². The van der Waals surface area contributed by atoms with Gasteiger partial charge in [0.2, 0.25) is 0 Å². The van der Waals surface area contributed by atoms with E-state index in [1.807, 2.05) is 18.4 Å². The predicted octanol–water partition coefficient (Wildman–Crippen LogP) is 3.61. The molecular formula is C14H26N2S. The van der Waals surface area contributed by atoms with Gasteiger partial charge in [0, 0.05) is 23.8 Å². The zero-order valence-electron chi connectivity index (χ0n) is 12.0. The van der Waals surface area contributed by atoms with Crippen LogP contribution in [-0.4, -0.2) is 18.6 Å². The molecule has 0 saturated heterocycles. The van der Waals surface area contributed by atoms with Crippen LogP contribution in [0.1, 0.15) is 49.2 Å². The van der Waals surface area contributed by atoms with E-state index in [-0.39, 0.29) is 0 Å². The lowest BCUT2D eigenvalue weighted by molar-refractivity contribution is 0.482. The van der Waals surface area contributed by atoms with Crippen LogP contribution >= 0.6 is 11.3 Å². The van der Waals surface area contributed by atoms with Gasteiger partial charge in [0.25, 0.3) is 0 Å². The van der Waals surface area contributed by atoms with E-state index < -0.39 is 0 Å². The van der Waals surface area contributed by atoms with Crippen molar-refractivity contribution in [1.29, 1.82) is 0 Å². The minimum atomic E-state index is 0.596. The molecule has 1 aromatic rings. The maximum absolute atomic E-state index is 4.73. The Labute approximate surface area is 110 Å². The first kappa shape index (κ1) is 14.7. The summed E-state index contributed by atoms with van der Waals surface area (Å²) >= 11 is 1.91. The molecule has 0 radical (unpaired) electrons. The lowest BCUT2D eigenvalue weighted by Gasteiger charge is -2.19. The van der Waals surface area contributed by atoms with Crippen molar-refractivity contribution in [2.75, 3.05) is 13.6 Å². The fourth-order valence-electron chi connectivity index (χ4n) is 2.10. The summed E-state index contributed by atoms with van der Waals surface area (Å²) in [5, 5.41) is 4.60. The summed E-state index contributed by atoms with van der Waals surface area (Å²) in [5.41, 5.74) is 1.24. The number of rotatable bonds is 6. The molecule has 0 saturated carbocycles. The van der Waals surface area contributed by atoms with Crippen LogP contribution in [0.5, 0.6) is 0 Å². The van der Waals surface area contributed by atoms with E-state index in [2.05, 4.69) is 39.9 Å². The first-order chi connectivity index (χ1) is 7.95. The zero-order chi connectivity index (χ0) is 13.0. The van der Waals surface area contributed by atoms with Crippen LogP contribution in [0.25, 0.3) is 0 Å². The highest BCUT2D eigenvalue weighted by atomic mass is 32.1. The number of nitrogens with zero attached hydrogens (tertiary/aromatic N) is 1. The van der Waals surface area contributed by atoms with Crippen LogP contribution in [0.2, 0.25) is 0 Å². The molecule has 1 rings (SSSR count). The van der Waals surface area contributed by atoms with E-state index in [1.54, 1.807) is 0 Å². The van der Waals surface area contributed by atoms with Crippen molar-refractivity contribution < 1.29 is 0 Å². The lowest BCUT2D eigenvalue weighted by atomic mass is 9.93. The number of thiazole rings is 1. The number of hydrogen-bond acceptors (Lipinski definition) is 3. The van der Waals surface area contributed by atoms with Crippen LogP contribution in [0.3, 0.4) is 0 Å². The average Bonchev–Trinajstić information content (AvgIpc) is 2.54. The summed E-state index contributed by atoms with van der Waals surface area (Å²) in [7, 11) is 2.03. The highest BCUT2D eigenvalue weighted by Crippen LogP contribution is 2.32. The van der Waals surface area contributed by atoms with Crippen molar-refractivity contribution in [3.05, 3.63) is 15.6 Å². The lowest BCUT2D eigenvalue weighted by Crippen LogP contribution is -2.21. The standard InChI is InChI=1S/C14H26N2S/c1-9(2)7-13-16-11(5)14(17-13)12(8-15-6)10(3)4/h9-10,12,15H,7-8H2,1-6H3. The third kappa shape index (κ3) is 4.07. The molecule has 1 heterocycles. The Morgan fingerprint density at radius 2 is 1.88 bits per heavy atom. The predicted molar refractivity (Wildman–Crippen MR) is 76.9 cm³/mol. The van der Waals surface area contributed by atoms with Crippen molar-refractivity contribution in [3.63, 3.8) is 0 Å². The molecule has 0 amide bonds. The highest BCUT2D eigenvalue weighted by molar-refractivity contribution is 7.11. The second-order valence-electron chi connectivity index (χ2n) is 5.56. The van der Waals surface area contributed by atoms with E-state index in [9.17, 15) is 0 Å². The topological polar surface area (TPSA) is 24.9 Å². The van der Waals surface area contributed by atoms with Gasteiger partial charge >= 0.3 is 0 Å². The molecule has 0 aliphatic rings. The number of nitrogens with one attached hydrogen (secondary N) is 1. The quantitative estimate of drug-likeness (QED) is 0.839. The molecule has 3 heteroatoms. The summed E-state index contributed by atoms with van der Waals surface area (Å²) in [4.78, 5) is 6.20. The van der Waals surface area contributed by atoms with E-state index in [0.717, 1.165) is 13.0 Å². The van der Waals surface area contributed by atoms with Gasteiger partial charge < -0.3 is 5.32 Å². The van der Waals surface area contributed by atoms with Gasteiger partial charge in [0.1, 0.15) is 0 Å². The number of likely N-dealkylation sites (N-methyl/N-ethyl adjacent to an activating group) is 1. The van der Waals surface area contributed by atoms with E-state index >= 15 is 0 Å². The van der Waals surface area contributed by atoms with Crippen molar-refractivity contribution in [2.45, 2.75) is 47.0 Å². The van der Waals surface area contributed by atoms with Gasteiger partial charge in [-0.25, -0.2) is 4.98 Å². The smallest absolute Gasteiger partial charge is 0.0933 e. The first-order valence-electron chi connectivity index (χ1n) is 6.56. The fourth-order valence-corrected chi connectivity index (χ4v) is 3.65. The molecule has 98 valence electrons. The van der Waals surface area contributed by atoms with Crippen molar-refractivity contribution in [2.24, 2.45) is 11.8 Å². The number of aromatic nitrogens is 1. The SMILES string of the molecule is CNCC(c1sc(CC(C)C)nc1C)C(C)C. The second-order valence-corrected chi connectivity index (χ2v) is 6.68. The molecular weight excluding hydrogens is 228 g/mol. The molecule has 1 aromatic heterocycles. The second kappa shape index (κ2) is 6.50. The summed E-state index contributed by atoms with van der Waals surface area (Å²) in [6.45, 7) is 12.3. The summed E-state index contributed by atoms with van der Waals surface area (Å²) in [6, 6.07) is 0. The molecule has 1 unspecified atom stereocenters. The Balaban J connectivity index is 2.91. The minimum absolute atomic E-state index is 0.596. The largest absolute Gasteiger partial charge is 0.319 e. The normalized spacial score (nSPS) is 13.6. The Bertz CT molecular complexity index is 342. The maximum Gasteiger partial charge on any atom is 0.0933 e. The van der Waals surface area contributed by atoms with E-state index in [1.165, 1.54) is 15.6 Å². The van der Waals surface area contributed by atoms with Gasteiger partial charge in [-0.05, 0) is 25.8 Å². The molecule has 17 heavy (non-hydrogen) atoms. The van der Waals surface area contributed by atoms with Crippen LogP contribution in [0.4, 0.5) is 0 Å². The molecule has 0 bridgehead atoms. The fraction of sp³-hybridized carbons (Fsp3) is 0.786. The summed E-state index contributed by atoms with van der Waals surface area (Å²) in [5.74, 6) is 1.95. The zero-order valence-corrected chi connectivity index (χ0v) is 12.8. The van der Waals surface area contributed by atoms with Gasteiger partial charge in [-0.3, -0.25) is 0 Å². The molecule has 1 N–H and O–H groups in total. The Hall–Kier alpha value is -0.410. The molecule has 0 aliphatic heterocycles. The van der Waals surface area contributed by atoms with Crippen molar-refractivity contribution in [1.82, 2.24) is 10.3 Å². The van der Waals surface area contributed by atoms with E-state index in [4.69, 9.17) is 4.98 Å². The third-order valence-electron chi connectivity index (χ3n) is 3.03. The van der Waals surface area contributed by atoms with E-state index in [0.29, 0.717) is 17.8 Å². The Morgan fingerprint density at radius 3 is 2.35 bits per heavy atom. The molecule has 0 aromatic carbocycles. The molecule has 0 spiro atoms. The minimum Gasteiger partial charge on any atom is -0.319 e. The Kier molecular flexibility index (Phi) is 5.60. The Morgan fingerprint density at radius 1 is 1.24 bits per heavy atom. The molecule has 1 atom stereocenters. The van der Waals surface area contributed by atoms with Gasteiger partial charge in [-0.1, -0.05) is 27.7 Å². The van der Waals surface area contributed by atoms with Gasteiger partial charge in [-0.15, -0.1) is 11.3 Å². The van der Waals surface area contributed by atoms with Crippen LogP contribution in [0.15, 0.2) is 0 Å². The van der Waals surface area contributed by atoms with Crippen LogP contribution < -0.4 is 5.32 Å². The van der Waals surface area contributed by atoms with Gasteiger partial charge in [0.15, 0.2) is 0 Å². The third-order valence-corrected chi connectivity index (χ3v) is 4.34. The summed E-state index contributed by atoms with van der Waals surface area (Å²) in [6.07, 6.45) is 1.11. The van der Waals surface area contributed by atoms with Crippen LogP contribution in [0, 0.1) is 18.8 Å². The highest BCUT2D eigenvalue weighted by Gasteiger charge is 2.21. The summed E-state index contributed by atoms with van der Waals surface area (Å²) < 4.78 is 0. The van der Waals surface area contributed by atoms with Crippen LogP contribution in [-0.2, 0) is 6.42 Å². The van der Waals surface area contributed by atoms with Crippen molar-refractivity contribution >= 4 is 11.3 Å². The molecule has 0 fully saturated rings. The maximum atomic E-state index is 4.73. The van der Waals surface area contributed by atoms with Crippen molar-refractivity contribution in [3.8, 4) is 0 Å². The molecule has 0 aliphatic carbocycles. The number of hydrogen-bond donors (Lipinski definition) is 1. The molecule has 2 nitrogen and oxygen atoms in total. The van der Waals surface area contributed by atoms with Gasteiger partial charge in [0.05, 0.1) is 10.7 Å². The number of aryl methyl sites for hydroxylation is 1. The first-order valence-corrected chi connectivity index (χ1v) is 7.38. The average molecular weight is 254 g/mol.